The third kappa shape index (κ3) is 5.47. The van der Waals surface area contributed by atoms with E-state index in [1.807, 2.05) is 36.1 Å². The van der Waals surface area contributed by atoms with Crippen LogP contribution >= 0.6 is 15.9 Å². The molecule has 0 unspecified atom stereocenters. The number of hydrogen-bond donors (Lipinski definition) is 3. The summed E-state index contributed by atoms with van der Waals surface area (Å²) < 4.78 is 6.27. The molecule has 160 valence electrons. The number of hydrogen-bond acceptors (Lipinski definition) is 9. The van der Waals surface area contributed by atoms with Gasteiger partial charge in [0.25, 0.3) is 0 Å². The molecule has 1 saturated heterocycles. The quantitative estimate of drug-likeness (QED) is 0.360. The number of benzene rings is 2. The van der Waals surface area contributed by atoms with E-state index in [1.165, 1.54) is 6.21 Å². The number of nitrogens with zero attached hydrogens (tertiary/aromatic N) is 5. The standard InChI is InChI=1S/C21H22BrN7O2/c1-14-4-2-3-5-17(14)24-19-25-20(27-21(26-19)29-8-10-31-11-9-29)28-23-13-15-12-16(22)6-7-18(15)30/h2-7,12-13,30H,8-11H2,1H3,(H2,24,25,26,27,28). The molecular weight excluding hydrogens is 462 g/mol. The third-order valence-corrected chi connectivity index (χ3v) is 5.16. The van der Waals surface area contributed by atoms with Crippen molar-refractivity contribution in [2.75, 3.05) is 41.9 Å². The minimum Gasteiger partial charge on any atom is -0.507 e. The van der Waals surface area contributed by atoms with Gasteiger partial charge in [-0.1, -0.05) is 34.1 Å². The topological polar surface area (TPSA) is 108 Å². The molecule has 3 aromatic rings. The molecule has 0 radical (unpaired) electrons. The number of phenols is 1. The monoisotopic (exact) mass is 483 g/mol. The van der Waals surface area contributed by atoms with Crippen molar-refractivity contribution in [2.24, 2.45) is 5.10 Å². The lowest BCUT2D eigenvalue weighted by Crippen LogP contribution is -2.37. The number of halogens is 1. The Kier molecular flexibility index (Phi) is 6.58. The molecule has 2 heterocycles. The molecule has 10 heteroatoms. The minimum atomic E-state index is 0.125. The molecular formula is C21H22BrN7O2. The van der Waals surface area contributed by atoms with Crippen LogP contribution in [0.4, 0.5) is 23.5 Å². The predicted molar refractivity (Wildman–Crippen MR) is 124 cm³/mol. The van der Waals surface area contributed by atoms with Crippen molar-refractivity contribution in [1.29, 1.82) is 0 Å². The van der Waals surface area contributed by atoms with Gasteiger partial charge in [0, 0.05) is 28.8 Å². The molecule has 1 aliphatic rings. The molecule has 1 aliphatic heterocycles. The highest BCUT2D eigenvalue weighted by Crippen LogP contribution is 2.22. The summed E-state index contributed by atoms with van der Waals surface area (Å²) in [7, 11) is 0. The van der Waals surface area contributed by atoms with Crippen LogP contribution in [0.2, 0.25) is 0 Å². The zero-order chi connectivity index (χ0) is 21.6. The van der Waals surface area contributed by atoms with Crippen molar-refractivity contribution in [3.05, 3.63) is 58.1 Å². The Morgan fingerprint density at radius 1 is 1.10 bits per heavy atom. The maximum absolute atomic E-state index is 9.97. The highest BCUT2D eigenvalue weighted by molar-refractivity contribution is 9.10. The molecule has 0 bridgehead atoms. The Morgan fingerprint density at radius 3 is 2.68 bits per heavy atom. The van der Waals surface area contributed by atoms with Crippen molar-refractivity contribution >= 4 is 45.7 Å². The van der Waals surface area contributed by atoms with E-state index in [0.717, 1.165) is 15.7 Å². The lowest BCUT2D eigenvalue weighted by atomic mass is 10.2. The molecule has 31 heavy (non-hydrogen) atoms. The molecule has 0 atom stereocenters. The molecule has 3 N–H and O–H groups in total. The van der Waals surface area contributed by atoms with E-state index in [2.05, 4.69) is 46.7 Å². The zero-order valence-electron chi connectivity index (χ0n) is 16.9. The number of nitrogens with one attached hydrogen (secondary N) is 2. The lowest BCUT2D eigenvalue weighted by molar-refractivity contribution is 0.122. The lowest BCUT2D eigenvalue weighted by Gasteiger charge is -2.27. The van der Waals surface area contributed by atoms with Crippen molar-refractivity contribution < 1.29 is 9.84 Å². The normalized spacial score (nSPS) is 14.1. The van der Waals surface area contributed by atoms with Gasteiger partial charge in [0.05, 0.1) is 19.4 Å². The van der Waals surface area contributed by atoms with Crippen LogP contribution in [0.5, 0.6) is 5.75 Å². The van der Waals surface area contributed by atoms with Gasteiger partial charge in [-0.05, 0) is 36.8 Å². The predicted octanol–water partition coefficient (Wildman–Crippen LogP) is 3.67. The van der Waals surface area contributed by atoms with Crippen molar-refractivity contribution in [3.8, 4) is 5.75 Å². The van der Waals surface area contributed by atoms with Gasteiger partial charge in [-0.2, -0.15) is 20.1 Å². The van der Waals surface area contributed by atoms with Gasteiger partial charge >= 0.3 is 0 Å². The Bertz CT molecular complexity index is 1090. The smallest absolute Gasteiger partial charge is 0.250 e. The second kappa shape index (κ2) is 9.71. The van der Waals surface area contributed by atoms with E-state index >= 15 is 0 Å². The summed E-state index contributed by atoms with van der Waals surface area (Å²) in [5.74, 6) is 1.37. The van der Waals surface area contributed by atoms with Crippen LogP contribution < -0.4 is 15.6 Å². The largest absolute Gasteiger partial charge is 0.507 e. The van der Waals surface area contributed by atoms with Gasteiger partial charge in [0.2, 0.25) is 17.8 Å². The van der Waals surface area contributed by atoms with E-state index in [1.54, 1.807) is 18.2 Å². The average molecular weight is 484 g/mol. The first-order valence-electron chi connectivity index (χ1n) is 9.77. The van der Waals surface area contributed by atoms with Gasteiger partial charge in [0.1, 0.15) is 5.75 Å². The molecule has 0 aliphatic carbocycles. The highest BCUT2D eigenvalue weighted by Gasteiger charge is 2.17. The number of anilines is 4. The van der Waals surface area contributed by atoms with Crippen LogP contribution in [0.1, 0.15) is 11.1 Å². The Morgan fingerprint density at radius 2 is 1.87 bits per heavy atom. The van der Waals surface area contributed by atoms with Crippen LogP contribution in [0, 0.1) is 6.92 Å². The molecule has 0 amide bonds. The van der Waals surface area contributed by atoms with Crippen molar-refractivity contribution in [3.63, 3.8) is 0 Å². The van der Waals surface area contributed by atoms with E-state index in [-0.39, 0.29) is 5.75 Å². The van der Waals surface area contributed by atoms with Crippen LogP contribution in [-0.4, -0.2) is 52.6 Å². The fraction of sp³-hybridized carbons (Fsp3) is 0.238. The number of phenolic OH excluding ortho intramolecular Hbond substituents is 1. The summed E-state index contributed by atoms with van der Waals surface area (Å²) in [6, 6.07) is 13.0. The summed E-state index contributed by atoms with van der Waals surface area (Å²) in [4.78, 5) is 15.6. The molecule has 2 aromatic carbocycles. The van der Waals surface area contributed by atoms with E-state index in [0.29, 0.717) is 49.7 Å². The van der Waals surface area contributed by atoms with E-state index in [4.69, 9.17) is 4.74 Å². The first-order chi connectivity index (χ1) is 15.1. The first kappa shape index (κ1) is 21.0. The van der Waals surface area contributed by atoms with Crippen LogP contribution in [0.25, 0.3) is 0 Å². The molecule has 9 nitrogen and oxygen atoms in total. The number of morpholine rings is 1. The number of aromatic hydroxyl groups is 1. The third-order valence-electron chi connectivity index (χ3n) is 4.67. The number of hydrazone groups is 1. The minimum absolute atomic E-state index is 0.125. The molecule has 0 saturated carbocycles. The maximum Gasteiger partial charge on any atom is 0.250 e. The Balaban J connectivity index is 1.60. The molecule has 1 aromatic heterocycles. The molecule has 4 rings (SSSR count). The molecule has 0 spiro atoms. The average Bonchev–Trinajstić information content (AvgIpc) is 2.78. The summed E-state index contributed by atoms with van der Waals surface area (Å²) in [5.41, 5.74) is 5.39. The summed E-state index contributed by atoms with van der Waals surface area (Å²) in [6.07, 6.45) is 1.51. The fourth-order valence-corrected chi connectivity index (χ4v) is 3.38. The maximum atomic E-state index is 9.97. The van der Waals surface area contributed by atoms with Crippen LogP contribution in [0.15, 0.2) is 52.0 Å². The Labute approximate surface area is 188 Å². The Hall–Kier alpha value is -3.24. The number of ether oxygens (including phenoxy) is 1. The van der Waals surface area contributed by atoms with Crippen molar-refractivity contribution in [1.82, 2.24) is 15.0 Å². The summed E-state index contributed by atoms with van der Waals surface area (Å²) in [6.45, 7) is 4.65. The zero-order valence-corrected chi connectivity index (χ0v) is 18.5. The second-order valence-corrected chi connectivity index (χ2v) is 7.81. The number of aryl methyl sites for hydroxylation is 1. The summed E-state index contributed by atoms with van der Waals surface area (Å²) in [5, 5.41) is 17.4. The van der Waals surface area contributed by atoms with E-state index in [9.17, 15) is 5.11 Å². The summed E-state index contributed by atoms with van der Waals surface area (Å²) >= 11 is 3.38. The SMILES string of the molecule is Cc1ccccc1Nc1nc(NN=Cc2cc(Br)ccc2O)nc(N2CCOCC2)n1. The number of para-hydroxylation sites is 1. The van der Waals surface area contributed by atoms with Gasteiger partial charge in [-0.25, -0.2) is 5.43 Å². The second-order valence-electron chi connectivity index (χ2n) is 6.90. The van der Waals surface area contributed by atoms with E-state index < -0.39 is 0 Å². The van der Waals surface area contributed by atoms with Gasteiger partial charge in [0.15, 0.2) is 0 Å². The van der Waals surface area contributed by atoms with Crippen molar-refractivity contribution in [2.45, 2.75) is 6.92 Å². The highest BCUT2D eigenvalue weighted by atomic mass is 79.9. The molecule has 1 fully saturated rings. The van der Waals surface area contributed by atoms with Crippen LogP contribution in [0.3, 0.4) is 0 Å². The van der Waals surface area contributed by atoms with Gasteiger partial charge in [-0.3, -0.25) is 0 Å². The number of rotatable bonds is 6. The van der Waals surface area contributed by atoms with Crippen LogP contribution in [-0.2, 0) is 4.74 Å². The number of aromatic nitrogens is 3. The first-order valence-corrected chi connectivity index (χ1v) is 10.6. The van der Waals surface area contributed by atoms with Gasteiger partial charge in [-0.15, -0.1) is 0 Å². The fourth-order valence-electron chi connectivity index (χ4n) is 3.00. The van der Waals surface area contributed by atoms with Gasteiger partial charge < -0.3 is 20.1 Å².